The van der Waals surface area contributed by atoms with E-state index in [0.29, 0.717) is 23.0 Å². The summed E-state index contributed by atoms with van der Waals surface area (Å²) in [7, 11) is 4.04. The molecule has 1 aromatic rings. The molecule has 1 aromatic carbocycles. The van der Waals surface area contributed by atoms with Gasteiger partial charge in [-0.25, -0.2) is 4.39 Å². The second-order valence-corrected chi connectivity index (χ2v) is 8.07. The smallest absolute Gasteiger partial charge is 0.193 e. The van der Waals surface area contributed by atoms with E-state index in [1.54, 1.807) is 12.1 Å². The summed E-state index contributed by atoms with van der Waals surface area (Å²) in [6.07, 6.45) is 2.56. The second-order valence-electron chi connectivity index (χ2n) is 7.66. The zero-order valence-corrected chi connectivity index (χ0v) is 19.9. The Morgan fingerprint density at radius 3 is 2.64 bits per heavy atom. The number of guanidine groups is 1. The SMILES string of the molecule is CN=C(NCC1CCCN(C)C1)N1CCN(Cc2c(F)cccc2Cl)CC1.I. The van der Waals surface area contributed by atoms with Gasteiger partial charge in [0.15, 0.2) is 5.96 Å². The molecule has 2 heterocycles. The Morgan fingerprint density at radius 1 is 1.25 bits per heavy atom. The Labute approximate surface area is 190 Å². The maximum atomic E-state index is 14.0. The van der Waals surface area contributed by atoms with Crippen molar-refractivity contribution in [3.05, 3.63) is 34.6 Å². The van der Waals surface area contributed by atoms with E-state index in [2.05, 4.69) is 32.1 Å². The van der Waals surface area contributed by atoms with Gasteiger partial charge in [-0.1, -0.05) is 17.7 Å². The lowest BCUT2D eigenvalue weighted by Crippen LogP contribution is -2.53. The van der Waals surface area contributed by atoms with Crippen molar-refractivity contribution < 1.29 is 4.39 Å². The molecule has 0 spiro atoms. The largest absolute Gasteiger partial charge is 0.356 e. The third-order valence-corrected chi connectivity index (χ3v) is 5.95. The molecule has 1 N–H and O–H groups in total. The molecule has 0 aliphatic carbocycles. The third-order valence-electron chi connectivity index (χ3n) is 5.60. The first kappa shape index (κ1) is 23.6. The molecule has 2 aliphatic heterocycles. The summed E-state index contributed by atoms with van der Waals surface area (Å²) in [4.78, 5) is 11.4. The Balaban J connectivity index is 0.00000280. The first-order valence-electron chi connectivity index (χ1n) is 9.86. The molecule has 1 atom stereocenters. The molecule has 2 fully saturated rings. The number of rotatable bonds is 4. The van der Waals surface area contributed by atoms with Gasteiger partial charge in [-0.15, -0.1) is 24.0 Å². The first-order valence-corrected chi connectivity index (χ1v) is 10.2. The maximum Gasteiger partial charge on any atom is 0.193 e. The fourth-order valence-corrected chi connectivity index (χ4v) is 4.26. The lowest BCUT2D eigenvalue weighted by Gasteiger charge is -2.37. The van der Waals surface area contributed by atoms with Crippen LogP contribution in [0.3, 0.4) is 0 Å². The van der Waals surface area contributed by atoms with Gasteiger partial charge in [-0.3, -0.25) is 9.89 Å². The van der Waals surface area contributed by atoms with Crippen molar-refractivity contribution in [2.45, 2.75) is 19.4 Å². The summed E-state index contributed by atoms with van der Waals surface area (Å²) < 4.78 is 14.0. The number of hydrogen-bond acceptors (Lipinski definition) is 3. The van der Waals surface area contributed by atoms with Crippen LogP contribution in [0.15, 0.2) is 23.2 Å². The summed E-state index contributed by atoms with van der Waals surface area (Å²) in [5.41, 5.74) is 0.594. The molecule has 1 unspecified atom stereocenters. The van der Waals surface area contributed by atoms with Crippen molar-refractivity contribution in [1.29, 1.82) is 0 Å². The average molecular weight is 524 g/mol. The fourth-order valence-electron chi connectivity index (χ4n) is 4.03. The van der Waals surface area contributed by atoms with Crippen LogP contribution in [0.4, 0.5) is 4.39 Å². The van der Waals surface area contributed by atoms with Gasteiger partial charge in [0.05, 0.1) is 0 Å². The van der Waals surface area contributed by atoms with Crippen molar-refractivity contribution in [2.24, 2.45) is 10.9 Å². The van der Waals surface area contributed by atoms with Crippen LogP contribution < -0.4 is 5.32 Å². The number of piperidine rings is 1. The highest BCUT2D eigenvalue weighted by atomic mass is 127. The zero-order valence-electron chi connectivity index (χ0n) is 16.8. The molecule has 28 heavy (non-hydrogen) atoms. The van der Waals surface area contributed by atoms with E-state index < -0.39 is 0 Å². The van der Waals surface area contributed by atoms with Crippen LogP contribution in [0, 0.1) is 11.7 Å². The summed E-state index contributed by atoms with van der Waals surface area (Å²) >= 11 is 6.17. The molecule has 5 nitrogen and oxygen atoms in total. The predicted octanol–water partition coefficient (Wildman–Crippen LogP) is 3.13. The minimum atomic E-state index is -0.222. The number of hydrogen-bond donors (Lipinski definition) is 1. The van der Waals surface area contributed by atoms with E-state index in [1.165, 1.54) is 25.5 Å². The molecule has 8 heteroatoms. The monoisotopic (exact) mass is 523 g/mol. The molecule has 0 aromatic heterocycles. The molecule has 0 bridgehead atoms. The van der Waals surface area contributed by atoms with E-state index in [1.807, 2.05) is 7.05 Å². The summed E-state index contributed by atoms with van der Waals surface area (Å²) in [5, 5.41) is 4.07. The number of nitrogens with zero attached hydrogens (tertiary/aromatic N) is 4. The maximum absolute atomic E-state index is 14.0. The minimum absolute atomic E-state index is 0. The van der Waals surface area contributed by atoms with Crippen LogP contribution in [0.5, 0.6) is 0 Å². The van der Waals surface area contributed by atoms with Crippen LogP contribution >= 0.6 is 35.6 Å². The number of halogens is 3. The van der Waals surface area contributed by atoms with Crippen molar-refractivity contribution in [1.82, 2.24) is 20.0 Å². The molecular weight excluding hydrogens is 492 g/mol. The lowest BCUT2D eigenvalue weighted by molar-refractivity contribution is 0.169. The van der Waals surface area contributed by atoms with Gasteiger partial charge in [0, 0.05) is 63.4 Å². The molecular formula is C20H32ClFIN5. The van der Waals surface area contributed by atoms with Gasteiger partial charge in [0.1, 0.15) is 5.82 Å². The molecule has 2 aliphatic rings. The van der Waals surface area contributed by atoms with E-state index in [4.69, 9.17) is 11.6 Å². The van der Waals surface area contributed by atoms with Crippen LogP contribution in [0.1, 0.15) is 18.4 Å². The van der Waals surface area contributed by atoms with Gasteiger partial charge >= 0.3 is 0 Å². The van der Waals surface area contributed by atoms with Gasteiger partial charge in [-0.2, -0.15) is 0 Å². The lowest BCUT2D eigenvalue weighted by atomic mass is 9.98. The van der Waals surface area contributed by atoms with Crippen molar-refractivity contribution in [2.75, 3.05) is 59.9 Å². The molecule has 0 amide bonds. The highest BCUT2D eigenvalue weighted by molar-refractivity contribution is 14.0. The predicted molar refractivity (Wildman–Crippen MR) is 125 cm³/mol. The highest BCUT2D eigenvalue weighted by Crippen LogP contribution is 2.21. The van der Waals surface area contributed by atoms with Gasteiger partial charge in [-0.05, 0) is 44.5 Å². The number of piperazine rings is 1. The number of nitrogens with one attached hydrogen (secondary N) is 1. The van der Waals surface area contributed by atoms with E-state index in [0.717, 1.165) is 45.2 Å². The van der Waals surface area contributed by atoms with E-state index in [-0.39, 0.29) is 29.8 Å². The first-order chi connectivity index (χ1) is 13.1. The summed E-state index contributed by atoms with van der Waals surface area (Å²) in [6.45, 7) is 7.41. The fraction of sp³-hybridized carbons (Fsp3) is 0.650. The van der Waals surface area contributed by atoms with Crippen molar-refractivity contribution in [3.8, 4) is 0 Å². The van der Waals surface area contributed by atoms with Crippen molar-refractivity contribution in [3.63, 3.8) is 0 Å². The Kier molecular flexibility index (Phi) is 9.73. The quantitative estimate of drug-likeness (QED) is 0.374. The molecule has 2 saturated heterocycles. The summed E-state index contributed by atoms with van der Waals surface area (Å²) in [5.74, 6) is 1.44. The standard InChI is InChI=1S/C20H31ClFN5.HI/c1-23-20(24-13-16-5-4-8-25(2)14-16)27-11-9-26(10-12-27)15-17-18(21)6-3-7-19(17)22;/h3,6-7,16H,4-5,8-15H2,1-2H3,(H,23,24);1H. The van der Waals surface area contributed by atoms with Crippen LogP contribution in [-0.4, -0.2) is 80.6 Å². The highest BCUT2D eigenvalue weighted by Gasteiger charge is 2.23. The van der Waals surface area contributed by atoms with Gasteiger partial charge in [0.2, 0.25) is 0 Å². The Bertz CT molecular complexity index is 631. The Hall–Kier alpha value is -0.640. The molecule has 0 saturated carbocycles. The Morgan fingerprint density at radius 2 is 2.00 bits per heavy atom. The molecule has 3 rings (SSSR count). The number of likely N-dealkylation sites (tertiary alicyclic amines) is 1. The minimum Gasteiger partial charge on any atom is -0.356 e. The van der Waals surface area contributed by atoms with Crippen LogP contribution in [0.25, 0.3) is 0 Å². The van der Waals surface area contributed by atoms with Gasteiger partial charge < -0.3 is 15.1 Å². The topological polar surface area (TPSA) is 34.1 Å². The molecule has 0 radical (unpaired) electrons. The third kappa shape index (κ3) is 6.43. The normalized spacial score (nSPS) is 22.1. The van der Waals surface area contributed by atoms with E-state index >= 15 is 0 Å². The average Bonchev–Trinajstić information content (AvgIpc) is 2.66. The number of benzene rings is 1. The van der Waals surface area contributed by atoms with Crippen molar-refractivity contribution >= 4 is 41.5 Å². The molecule has 158 valence electrons. The van der Waals surface area contributed by atoms with Crippen LogP contribution in [0.2, 0.25) is 5.02 Å². The van der Waals surface area contributed by atoms with E-state index in [9.17, 15) is 4.39 Å². The summed E-state index contributed by atoms with van der Waals surface area (Å²) in [6, 6.07) is 4.88. The van der Waals surface area contributed by atoms with Crippen LogP contribution in [-0.2, 0) is 6.54 Å². The van der Waals surface area contributed by atoms with Gasteiger partial charge in [0.25, 0.3) is 0 Å². The number of aliphatic imine (C=N–C) groups is 1. The second kappa shape index (κ2) is 11.5. The zero-order chi connectivity index (χ0) is 19.2.